The van der Waals surface area contributed by atoms with Gasteiger partial charge in [0.25, 0.3) is 0 Å². The lowest BCUT2D eigenvalue weighted by Gasteiger charge is -1.90. The summed E-state index contributed by atoms with van der Waals surface area (Å²) in [5, 5.41) is 4.22. The van der Waals surface area contributed by atoms with Gasteiger partial charge in [-0.1, -0.05) is 0 Å². The minimum absolute atomic E-state index is 0.980. The first-order valence-electron chi connectivity index (χ1n) is 3.87. The van der Waals surface area contributed by atoms with Crippen LogP contribution in [0.1, 0.15) is 11.5 Å². The molecule has 2 aromatic rings. The van der Waals surface area contributed by atoms with Crippen LogP contribution in [0, 0.1) is 13.8 Å². The first-order chi connectivity index (χ1) is 5.77. The van der Waals surface area contributed by atoms with Crippen molar-refractivity contribution in [1.82, 2.24) is 0 Å². The Morgan fingerprint density at radius 3 is 2.67 bits per heavy atom. The fourth-order valence-corrected chi connectivity index (χ4v) is 1.99. The summed E-state index contributed by atoms with van der Waals surface area (Å²) < 4.78 is 5.44. The number of thiophene rings is 1. The van der Waals surface area contributed by atoms with Crippen LogP contribution in [0.3, 0.4) is 0 Å². The van der Waals surface area contributed by atoms with Gasteiger partial charge in [0.15, 0.2) is 0 Å². The van der Waals surface area contributed by atoms with Crippen LogP contribution in [0.4, 0.5) is 0 Å². The van der Waals surface area contributed by atoms with Gasteiger partial charge in [-0.3, -0.25) is 0 Å². The normalized spacial score (nSPS) is 10.5. The molecule has 1 nitrogen and oxygen atoms in total. The highest BCUT2D eigenvalue weighted by Gasteiger charge is 2.06. The van der Waals surface area contributed by atoms with Crippen molar-refractivity contribution in [3.8, 4) is 11.1 Å². The van der Waals surface area contributed by atoms with Gasteiger partial charge in [0.05, 0.1) is 0 Å². The Labute approximate surface area is 75.7 Å². The highest BCUT2D eigenvalue weighted by Crippen LogP contribution is 2.27. The van der Waals surface area contributed by atoms with E-state index in [-0.39, 0.29) is 0 Å². The Kier molecular flexibility index (Phi) is 1.77. The topological polar surface area (TPSA) is 13.1 Å². The zero-order valence-electron chi connectivity index (χ0n) is 7.13. The van der Waals surface area contributed by atoms with Crippen molar-refractivity contribution in [3.05, 3.63) is 34.4 Å². The van der Waals surface area contributed by atoms with Gasteiger partial charge >= 0.3 is 0 Å². The molecule has 2 rings (SSSR count). The van der Waals surface area contributed by atoms with Crippen LogP contribution in [0.25, 0.3) is 11.1 Å². The zero-order chi connectivity index (χ0) is 8.55. The summed E-state index contributed by atoms with van der Waals surface area (Å²) in [6.45, 7) is 3.98. The molecule has 12 heavy (non-hydrogen) atoms. The molecule has 2 aromatic heterocycles. The summed E-state index contributed by atoms with van der Waals surface area (Å²) in [6, 6.07) is 4.19. The van der Waals surface area contributed by atoms with E-state index in [1.54, 1.807) is 11.3 Å². The second-order valence-electron chi connectivity index (χ2n) is 2.84. The van der Waals surface area contributed by atoms with Gasteiger partial charge in [-0.15, -0.1) is 0 Å². The van der Waals surface area contributed by atoms with E-state index in [9.17, 15) is 0 Å². The second kappa shape index (κ2) is 2.79. The second-order valence-corrected chi connectivity index (χ2v) is 3.62. The Bertz CT molecular complexity index is 370. The molecule has 0 amide bonds. The van der Waals surface area contributed by atoms with E-state index in [2.05, 4.69) is 22.9 Å². The smallest absolute Gasteiger partial charge is 0.108 e. The molecule has 0 aliphatic rings. The van der Waals surface area contributed by atoms with Crippen molar-refractivity contribution in [2.45, 2.75) is 13.8 Å². The predicted octanol–water partition coefficient (Wildman–Crippen LogP) is 3.62. The van der Waals surface area contributed by atoms with E-state index in [4.69, 9.17) is 4.42 Å². The molecule has 2 heteroatoms. The van der Waals surface area contributed by atoms with E-state index < -0.39 is 0 Å². The van der Waals surface area contributed by atoms with Gasteiger partial charge in [-0.2, -0.15) is 11.3 Å². The van der Waals surface area contributed by atoms with Gasteiger partial charge in [-0.05, 0) is 42.3 Å². The quantitative estimate of drug-likeness (QED) is 0.650. The monoisotopic (exact) mass is 178 g/mol. The molecule has 0 aromatic carbocycles. The first kappa shape index (κ1) is 7.62. The summed E-state index contributed by atoms with van der Waals surface area (Å²) in [6.07, 6.45) is 0. The highest BCUT2D eigenvalue weighted by atomic mass is 32.1. The van der Waals surface area contributed by atoms with Crippen molar-refractivity contribution in [1.29, 1.82) is 0 Å². The molecule has 0 fully saturated rings. The predicted molar refractivity (Wildman–Crippen MR) is 51.5 cm³/mol. The lowest BCUT2D eigenvalue weighted by Crippen LogP contribution is -1.70. The molecule has 0 N–H and O–H groups in total. The number of hydrogen-bond donors (Lipinski definition) is 0. The van der Waals surface area contributed by atoms with E-state index in [0.29, 0.717) is 0 Å². The largest absolute Gasteiger partial charge is 0.466 e. The molecule has 0 atom stereocenters. The third kappa shape index (κ3) is 1.18. The number of hydrogen-bond acceptors (Lipinski definition) is 2. The summed E-state index contributed by atoms with van der Waals surface area (Å²) in [7, 11) is 0. The van der Waals surface area contributed by atoms with E-state index in [1.165, 1.54) is 11.1 Å². The Morgan fingerprint density at radius 1 is 1.33 bits per heavy atom. The summed E-state index contributed by atoms with van der Waals surface area (Å²) in [4.78, 5) is 0. The Hall–Kier alpha value is -1.02. The fraction of sp³-hybridized carbons (Fsp3) is 0.200. The molecule has 0 saturated heterocycles. The lowest BCUT2D eigenvalue weighted by molar-refractivity contribution is 0.505. The standard InChI is InChI=1S/C10H10OS/c1-7-5-10(8(2)11-7)9-3-4-12-6-9/h3-6H,1-2H3. The molecule has 0 radical (unpaired) electrons. The van der Waals surface area contributed by atoms with Gasteiger partial charge < -0.3 is 4.42 Å². The minimum atomic E-state index is 0.980. The average Bonchev–Trinajstić information content (AvgIpc) is 2.58. The van der Waals surface area contributed by atoms with Gasteiger partial charge in [0.1, 0.15) is 11.5 Å². The van der Waals surface area contributed by atoms with Crippen molar-refractivity contribution >= 4 is 11.3 Å². The number of furan rings is 1. The fourth-order valence-electron chi connectivity index (χ4n) is 1.34. The van der Waals surface area contributed by atoms with Crippen LogP contribution in [-0.4, -0.2) is 0 Å². The molecule has 62 valence electrons. The SMILES string of the molecule is Cc1cc(-c2ccsc2)c(C)o1. The minimum Gasteiger partial charge on any atom is -0.466 e. The molecule has 2 heterocycles. The van der Waals surface area contributed by atoms with Gasteiger partial charge in [0, 0.05) is 5.56 Å². The van der Waals surface area contributed by atoms with Crippen LogP contribution in [0.15, 0.2) is 27.3 Å². The maximum atomic E-state index is 5.44. The molecule has 0 saturated carbocycles. The maximum Gasteiger partial charge on any atom is 0.108 e. The van der Waals surface area contributed by atoms with Gasteiger partial charge in [0.2, 0.25) is 0 Å². The Balaban J connectivity index is 2.54. The first-order valence-corrected chi connectivity index (χ1v) is 4.81. The number of rotatable bonds is 1. The van der Waals surface area contributed by atoms with E-state index in [1.807, 2.05) is 13.8 Å². The molecule has 0 unspecified atom stereocenters. The van der Waals surface area contributed by atoms with Crippen molar-refractivity contribution in [2.24, 2.45) is 0 Å². The third-order valence-electron chi connectivity index (χ3n) is 1.87. The van der Waals surface area contributed by atoms with Crippen LogP contribution in [0.5, 0.6) is 0 Å². The van der Waals surface area contributed by atoms with Crippen LogP contribution < -0.4 is 0 Å². The van der Waals surface area contributed by atoms with Crippen molar-refractivity contribution in [3.63, 3.8) is 0 Å². The van der Waals surface area contributed by atoms with Gasteiger partial charge in [-0.25, -0.2) is 0 Å². The molecule has 0 aliphatic heterocycles. The highest BCUT2D eigenvalue weighted by molar-refractivity contribution is 7.08. The number of aryl methyl sites for hydroxylation is 2. The lowest BCUT2D eigenvalue weighted by atomic mass is 10.1. The summed E-state index contributed by atoms with van der Waals surface area (Å²) >= 11 is 1.71. The van der Waals surface area contributed by atoms with Crippen LogP contribution >= 0.6 is 11.3 Å². The van der Waals surface area contributed by atoms with Crippen molar-refractivity contribution in [2.75, 3.05) is 0 Å². The van der Waals surface area contributed by atoms with E-state index in [0.717, 1.165) is 11.5 Å². The maximum absolute atomic E-state index is 5.44. The van der Waals surface area contributed by atoms with Crippen LogP contribution in [0.2, 0.25) is 0 Å². The molecular weight excluding hydrogens is 168 g/mol. The molecule has 0 bridgehead atoms. The average molecular weight is 178 g/mol. The Morgan fingerprint density at radius 2 is 2.17 bits per heavy atom. The third-order valence-corrected chi connectivity index (χ3v) is 2.56. The van der Waals surface area contributed by atoms with E-state index >= 15 is 0 Å². The molecular formula is C10H10OS. The molecule has 0 aliphatic carbocycles. The summed E-state index contributed by atoms with van der Waals surface area (Å²) in [5.41, 5.74) is 2.48. The molecule has 0 spiro atoms. The van der Waals surface area contributed by atoms with Crippen LogP contribution in [-0.2, 0) is 0 Å². The van der Waals surface area contributed by atoms with Crippen molar-refractivity contribution < 1.29 is 4.42 Å². The summed E-state index contributed by atoms with van der Waals surface area (Å²) in [5.74, 6) is 1.99. The zero-order valence-corrected chi connectivity index (χ0v) is 7.94.